The third-order valence-corrected chi connectivity index (χ3v) is 4.45. The molecule has 0 saturated heterocycles. The van der Waals surface area contributed by atoms with Gasteiger partial charge in [-0.2, -0.15) is 5.69 Å². The van der Waals surface area contributed by atoms with Gasteiger partial charge in [0.15, 0.2) is 0 Å². The molecule has 0 atom stereocenters. The van der Waals surface area contributed by atoms with Crippen LogP contribution in [0.25, 0.3) is 0 Å². The monoisotopic (exact) mass is 310 g/mol. The van der Waals surface area contributed by atoms with Crippen LogP contribution in [0.3, 0.4) is 0 Å². The molecule has 1 aromatic carbocycles. The minimum atomic E-state index is -3.69. The van der Waals surface area contributed by atoms with E-state index >= 15 is 0 Å². The Morgan fingerprint density at radius 2 is 1.93 bits per heavy atom. The molecule has 0 N–H and O–H groups in total. The predicted octanol–water partition coefficient (Wildman–Crippen LogP) is 1.67. The summed E-state index contributed by atoms with van der Waals surface area (Å²) in [7, 11) is 0. The minimum absolute atomic E-state index is 0. The van der Waals surface area contributed by atoms with E-state index in [-0.39, 0.29) is 19.5 Å². The topological polar surface area (TPSA) is 46.1 Å². The van der Waals surface area contributed by atoms with Crippen molar-refractivity contribution in [1.29, 1.82) is 0 Å². The molecule has 0 amide bonds. The molecule has 0 heterocycles. The van der Waals surface area contributed by atoms with E-state index in [9.17, 15) is 9.79 Å². The summed E-state index contributed by atoms with van der Waals surface area (Å²) in [6.07, 6.45) is 1.89. The third kappa shape index (κ3) is 6.16. The van der Waals surface area contributed by atoms with Crippen LogP contribution in [0, 0.1) is 0 Å². The van der Waals surface area contributed by atoms with Crippen molar-refractivity contribution in [2.45, 2.75) is 24.7 Å². The van der Waals surface area contributed by atoms with E-state index < -0.39 is 5.69 Å². The normalized spacial score (nSPS) is 10.9. The van der Waals surface area contributed by atoms with Crippen LogP contribution in [-0.4, -0.2) is 0 Å². The predicted molar refractivity (Wildman–Crippen MR) is 60.6 cm³/mol. The maximum Gasteiger partial charge on any atom is 2.00 e. The molecule has 0 aliphatic carbocycles. The Morgan fingerprint density at radius 3 is 2.47 bits per heavy atom. The molecule has 0 saturated carbocycles. The van der Waals surface area contributed by atoms with E-state index in [2.05, 4.69) is 18.7 Å². The summed E-state index contributed by atoms with van der Waals surface area (Å²) in [5.41, 5.74) is -2.63. The van der Waals surface area contributed by atoms with Gasteiger partial charge in [0.25, 0.3) is 0 Å². The van der Waals surface area contributed by atoms with Crippen LogP contribution in [0.2, 0.25) is 0 Å². The van der Waals surface area contributed by atoms with Gasteiger partial charge in [-0.1, -0.05) is 31.5 Å². The van der Waals surface area contributed by atoms with Crippen molar-refractivity contribution >= 4 is 28.9 Å². The van der Waals surface area contributed by atoms with Gasteiger partial charge >= 0.3 is 19.5 Å². The molecule has 0 unspecified atom stereocenters. The van der Waals surface area contributed by atoms with Gasteiger partial charge in [0.2, 0.25) is 0 Å². The standard InChI is InChI=1S/C9H13O2PS2.Zn/c1-2-5-8-6-3-4-7-9(8)14-12(10,11)13;/h3-4,6-7H,2,5H2,1H3,(H2,10,11,13);/q;+2/p-2. The second kappa shape index (κ2) is 7.16. The average molecular weight is 312 g/mol. The molecule has 1 aromatic rings. The first-order valence-electron chi connectivity index (χ1n) is 4.32. The van der Waals surface area contributed by atoms with Crippen LogP contribution in [-0.2, 0) is 37.7 Å². The Hall–Kier alpha value is 0.763. The number of aryl methyl sites for hydroxylation is 1. The van der Waals surface area contributed by atoms with E-state index in [0.717, 1.165) is 34.7 Å². The van der Waals surface area contributed by atoms with E-state index in [1.165, 1.54) is 0 Å². The molecule has 15 heavy (non-hydrogen) atoms. The van der Waals surface area contributed by atoms with Gasteiger partial charge in [-0.05, 0) is 18.1 Å². The van der Waals surface area contributed by atoms with Crippen molar-refractivity contribution in [2.24, 2.45) is 0 Å². The molecular weight excluding hydrogens is 301 g/mol. The van der Waals surface area contributed by atoms with Gasteiger partial charge in [0.05, 0.1) is 0 Å². The van der Waals surface area contributed by atoms with Gasteiger partial charge in [-0.3, -0.25) is 0 Å². The average Bonchev–Trinajstić information content (AvgIpc) is 2.06. The summed E-state index contributed by atoms with van der Waals surface area (Å²) < 4.78 is 0. The molecule has 0 aromatic heterocycles. The largest absolute Gasteiger partial charge is 2.00 e. The summed E-state index contributed by atoms with van der Waals surface area (Å²) in [5.74, 6) is 0. The van der Waals surface area contributed by atoms with Crippen molar-refractivity contribution in [3.05, 3.63) is 29.8 Å². The third-order valence-electron chi connectivity index (χ3n) is 1.70. The van der Waals surface area contributed by atoms with Gasteiger partial charge in [-0.25, -0.2) is 0 Å². The Balaban J connectivity index is 0.00000196. The Bertz CT molecular complexity index is 354. The van der Waals surface area contributed by atoms with E-state index in [0.29, 0.717) is 0 Å². The molecule has 0 aliphatic rings. The molecule has 1 rings (SSSR count). The summed E-state index contributed by atoms with van der Waals surface area (Å²) in [4.78, 5) is 22.7. The molecule has 0 aliphatic heterocycles. The molecule has 0 bridgehead atoms. The van der Waals surface area contributed by atoms with Crippen LogP contribution in [0.15, 0.2) is 29.2 Å². The zero-order valence-corrected chi connectivity index (χ0v) is 14.0. The minimum Gasteiger partial charge on any atom is -0.824 e. The molecule has 0 fully saturated rings. The van der Waals surface area contributed by atoms with Crippen molar-refractivity contribution in [3.8, 4) is 0 Å². The van der Waals surface area contributed by atoms with Gasteiger partial charge in [-0.15, -0.1) is 23.2 Å². The Kier molecular flexibility index (Phi) is 7.52. The zero-order chi connectivity index (χ0) is 10.6. The first kappa shape index (κ1) is 15.8. The maximum atomic E-state index is 11.0. The molecule has 6 heteroatoms. The molecule has 0 spiro atoms. The number of benzene rings is 1. The first-order chi connectivity index (χ1) is 6.53. The number of hydrogen-bond donors (Lipinski definition) is 0. The maximum absolute atomic E-state index is 11.0. The van der Waals surface area contributed by atoms with Crippen LogP contribution >= 0.6 is 17.1 Å². The fraction of sp³-hybridized carbons (Fsp3) is 0.333. The summed E-state index contributed by atoms with van der Waals surface area (Å²) in [6.45, 7) is 2.06. The van der Waals surface area contributed by atoms with Crippen LogP contribution in [0.1, 0.15) is 18.9 Å². The summed E-state index contributed by atoms with van der Waals surface area (Å²) in [6, 6.07) is 7.48. The SMILES string of the molecule is CCCc1ccccc1SP([O-])([O-])=S.[Zn+2]. The van der Waals surface area contributed by atoms with Gasteiger partial charge < -0.3 is 9.79 Å². The van der Waals surface area contributed by atoms with E-state index in [4.69, 9.17) is 0 Å². The molecular formula is C9H11O2PS2Zn. The van der Waals surface area contributed by atoms with Crippen molar-refractivity contribution in [2.75, 3.05) is 0 Å². The summed E-state index contributed by atoms with van der Waals surface area (Å²) in [5, 5.41) is 0. The van der Waals surface area contributed by atoms with Crippen molar-refractivity contribution in [3.63, 3.8) is 0 Å². The summed E-state index contributed by atoms with van der Waals surface area (Å²) >= 11 is 5.16. The van der Waals surface area contributed by atoms with Crippen LogP contribution < -0.4 is 9.79 Å². The first-order valence-corrected chi connectivity index (χ1v) is 8.38. The van der Waals surface area contributed by atoms with Crippen molar-refractivity contribution < 1.29 is 29.3 Å². The fourth-order valence-electron chi connectivity index (χ4n) is 1.19. The number of hydrogen-bond acceptors (Lipinski definition) is 4. The van der Waals surface area contributed by atoms with Crippen LogP contribution in [0.5, 0.6) is 0 Å². The molecule has 78 valence electrons. The van der Waals surface area contributed by atoms with Gasteiger partial charge in [0.1, 0.15) is 0 Å². The van der Waals surface area contributed by atoms with Crippen LogP contribution in [0.4, 0.5) is 0 Å². The van der Waals surface area contributed by atoms with E-state index in [1.807, 2.05) is 18.2 Å². The smallest absolute Gasteiger partial charge is 0.824 e. The van der Waals surface area contributed by atoms with E-state index in [1.54, 1.807) is 6.07 Å². The Labute approximate surface area is 112 Å². The molecule has 2 nitrogen and oxygen atoms in total. The van der Waals surface area contributed by atoms with Gasteiger partial charge in [0, 0.05) is 4.90 Å². The zero-order valence-electron chi connectivity index (χ0n) is 8.51. The fourth-order valence-corrected chi connectivity index (χ4v) is 3.84. The molecule has 0 radical (unpaired) electrons. The quantitative estimate of drug-likeness (QED) is 0.627. The second-order valence-corrected chi connectivity index (χ2v) is 8.54. The Morgan fingerprint density at radius 1 is 1.33 bits per heavy atom. The van der Waals surface area contributed by atoms with Crippen molar-refractivity contribution in [1.82, 2.24) is 0 Å². The number of rotatable bonds is 4. The second-order valence-electron chi connectivity index (χ2n) is 2.90.